The van der Waals surface area contributed by atoms with Gasteiger partial charge in [-0.15, -0.1) is 0 Å². The molecule has 236 valence electrons. The normalized spacial score (nSPS) is 16.8. The van der Waals surface area contributed by atoms with Gasteiger partial charge in [0, 0.05) is 42.1 Å². The Hall–Kier alpha value is -4.94. The molecule has 0 radical (unpaired) electrons. The second kappa shape index (κ2) is 12.1. The summed E-state index contributed by atoms with van der Waals surface area (Å²) in [6, 6.07) is 24.4. The maximum Gasteiger partial charge on any atom is 0.416 e. The highest BCUT2D eigenvalue weighted by molar-refractivity contribution is 7.90. The molecular formula is C34H28F3N3O5S. The summed E-state index contributed by atoms with van der Waals surface area (Å²) in [5.41, 5.74) is 0.301. The predicted octanol–water partition coefficient (Wildman–Crippen LogP) is 6.46. The van der Waals surface area contributed by atoms with Crippen molar-refractivity contribution in [3.05, 3.63) is 132 Å². The highest BCUT2D eigenvalue weighted by Crippen LogP contribution is 2.46. The van der Waals surface area contributed by atoms with Crippen LogP contribution < -0.4 is 5.32 Å². The minimum absolute atomic E-state index is 0.0439. The van der Waals surface area contributed by atoms with Gasteiger partial charge < -0.3 is 15.0 Å². The van der Waals surface area contributed by atoms with Crippen LogP contribution in [0.25, 0.3) is 10.9 Å². The van der Waals surface area contributed by atoms with Crippen molar-refractivity contribution in [1.29, 1.82) is 0 Å². The Balaban J connectivity index is 1.56. The number of carbonyl (C=O) groups excluding carboxylic acids is 2. The van der Waals surface area contributed by atoms with Gasteiger partial charge in [-0.2, -0.15) is 13.2 Å². The Bertz CT molecular complexity index is 2040. The van der Waals surface area contributed by atoms with Gasteiger partial charge in [-0.3, -0.25) is 9.59 Å². The van der Waals surface area contributed by atoms with Crippen LogP contribution in [0.15, 0.2) is 114 Å². The van der Waals surface area contributed by atoms with E-state index in [9.17, 15) is 31.2 Å². The van der Waals surface area contributed by atoms with E-state index in [4.69, 9.17) is 4.74 Å². The van der Waals surface area contributed by atoms with Crippen LogP contribution >= 0.6 is 0 Å². The molecular weight excluding hydrogens is 619 g/mol. The third-order valence-corrected chi connectivity index (χ3v) is 9.73. The molecule has 0 fully saturated rings. The average molecular weight is 648 g/mol. The third-order valence-electron chi connectivity index (χ3n) is 8.04. The van der Waals surface area contributed by atoms with Crippen molar-refractivity contribution in [2.24, 2.45) is 0 Å². The Kier molecular flexibility index (Phi) is 8.17. The number of para-hydroxylation sites is 1. The van der Waals surface area contributed by atoms with E-state index in [0.717, 1.165) is 16.1 Å². The van der Waals surface area contributed by atoms with Gasteiger partial charge in [0.25, 0.3) is 15.9 Å². The highest BCUT2D eigenvalue weighted by Gasteiger charge is 2.45. The number of ether oxygens (including phenoxy) is 1. The number of hydrogen-bond donors (Lipinski definition) is 1. The number of nitrogens with zero attached hydrogens (tertiary/aromatic N) is 2. The molecule has 1 aliphatic heterocycles. The summed E-state index contributed by atoms with van der Waals surface area (Å²) in [7, 11) is -2.65. The molecule has 12 heteroatoms. The largest absolute Gasteiger partial charge is 0.416 e. The minimum Gasteiger partial charge on any atom is -0.383 e. The fourth-order valence-electron chi connectivity index (χ4n) is 5.97. The molecule has 1 N–H and O–H groups in total. The van der Waals surface area contributed by atoms with E-state index in [1.807, 2.05) is 0 Å². The van der Waals surface area contributed by atoms with Crippen LogP contribution in [-0.2, 0) is 25.7 Å². The summed E-state index contributed by atoms with van der Waals surface area (Å²) in [4.78, 5) is 29.8. The van der Waals surface area contributed by atoms with E-state index in [1.54, 1.807) is 66.7 Å². The van der Waals surface area contributed by atoms with Crippen LogP contribution in [0.5, 0.6) is 0 Å². The number of methoxy groups -OCH3 is 1. The summed E-state index contributed by atoms with van der Waals surface area (Å²) in [6.07, 6.45) is -3.21. The van der Waals surface area contributed by atoms with Crippen molar-refractivity contribution < 1.29 is 35.9 Å². The average Bonchev–Trinajstić information content (AvgIpc) is 3.44. The van der Waals surface area contributed by atoms with Gasteiger partial charge in [-0.1, -0.05) is 60.7 Å². The molecule has 2 amide bonds. The number of fused-ring (bicyclic) bond motifs is 2. The molecule has 8 nitrogen and oxygen atoms in total. The first kappa shape index (κ1) is 31.1. The lowest BCUT2D eigenvalue weighted by Crippen LogP contribution is -2.47. The summed E-state index contributed by atoms with van der Waals surface area (Å²) < 4.78 is 74.8. The first-order valence-corrected chi connectivity index (χ1v) is 15.7. The minimum atomic E-state index is -4.63. The lowest BCUT2D eigenvalue weighted by atomic mass is 9.79. The number of hydrogen-bond acceptors (Lipinski definition) is 5. The molecule has 46 heavy (non-hydrogen) atoms. The van der Waals surface area contributed by atoms with Gasteiger partial charge in [-0.25, -0.2) is 12.4 Å². The zero-order chi connectivity index (χ0) is 32.6. The molecule has 0 bridgehead atoms. The second-order valence-corrected chi connectivity index (χ2v) is 12.6. The molecule has 0 saturated carbocycles. The van der Waals surface area contributed by atoms with E-state index >= 15 is 0 Å². The molecule has 1 aromatic heterocycles. The number of benzene rings is 4. The number of amides is 2. The van der Waals surface area contributed by atoms with Crippen molar-refractivity contribution in [3.8, 4) is 0 Å². The number of carbonyl (C=O) groups is 2. The van der Waals surface area contributed by atoms with Gasteiger partial charge in [0.1, 0.15) is 0 Å². The second-order valence-electron chi connectivity index (χ2n) is 10.8. The maximum atomic E-state index is 14.3. The highest BCUT2D eigenvalue weighted by atomic mass is 32.2. The zero-order valence-electron chi connectivity index (χ0n) is 24.4. The first-order valence-electron chi connectivity index (χ1n) is 14.3. The summed E-state index contributed by atoms with van der Waals surface area (Å²) >= 11 is 0. The van der Waals surface area contributed by atoms with E-state index in [0.29, 0.717) is 22.0 Å². The van der Waals surface area contributed by atoms with Crippen molar-refractivity contribution in [2.75, 3.05) is 25.6 Å². The summed E-state index contributed by atoms with van der Waals surface area (Å²) in [6.45, 7) is 0.153. The van der Waals surface area contributed by atoms with Crippen molar-refractivity contribution >= 4 is 38.4 Å². The van der Waals surface area contributed by atoms with Crippen LogP contribution in [0.4, 0.5) is 18.9 Å². The van der Waals surface area contributed by atoms with Gasteiger partial charge in [-0.05, 0) is 48.0 Å². The predicted molar refractivity (Wildman–Crippen MR) is 166 cm³/mol. The SMILES string of the molecule is COCCN1C(=O)c2ccccc2[C@H](C(=O)Nc2cccc(C(F)(F)F)c2)[C@H]1c1cn(S(=O)(=O)c2ccccc2)c2ccccc12. The van der Waals surface area contributed by atoms with Crippen LogP contribution in [0.3, 0.4) is 0 Å². The fourth-order valence-corrected chi connectivity index (χ4v) is 7.36. The van der Waals surface area contributed by atoms with E-state index in [1.165, 1.54) is 42.5 Å². The molecule has 4 aromatic carbocycles. The Morgan fingerprint density at radius 3 is 2.33 bits per heavy atom. The molecule has 1 aliphatic rings. The number of alkyl halides is 3. The van der Waals surface area contributed by atoms with Crippen LogP contribution in [0, 0.1) is 0 Å². The van der Waals surface area contributed by atoms with Gasteiger partial charge in [0.15, 0.2) is 0 Å². The van der Waals surface area contributed by atoms with Gasteiger partial charge in [0.05, 0.1) is 34.5 Å². The lowest BCUT2D eigenvalue weighted by Gasteiger charge is -2.41. The van der Waals surface area contributed by atoms with Gasteiger partial charge in [0.2, 0.25) is 5.91 Å². The molecule has 2 atom stereocenters. The molecule has 0 saturated heterocycles. The molecule has 0 aliphatic carbocycles. The number of halogens is 3. The fraction of sp³-hybridized carbons (Fsp3) is 0.176. The van der Waals surface area contributed by atoms with Crippen molar-refractivity contribution in [1.82, 2.24) is 8.87 Å². The standard InChI is InChI=1S/C34H28F3N3O5S/c1-45-19-18-39-31(28-21-40(29-17-8-7-14-25(28)29)46(43,44)24-12-3-2-4-13-24)30(26-15-5-6-16-27(26)33(39)42)32(41)38-23-11-9-10-22(20-23)34(35,36)37/h2-17,20-21,30-31H,18-19H2,1H3,(H,38,41)/t30-,31+/m0/s1. The third kappa shape index (κ3) is 5.54. The molecule has 0 spiro atoms. The zero-order valence-corrected chi connectivity index (χ0v) is 25.3. The lowest BCUT2D eigenvalue weighted by molar-refractivity contribution is -0.137. The topological polar surface area (TPSA) is 97.7 Å². The van der Waals surface area contributed by atoms with Crippen molar-refractivity contribution in [2.45, 2.75) is 23.0 Å². The Morgan fingerprint density at radius 1 is 0.891 bits per heavy atom. The summed E-state index contributed by atoms with van der Waals surface area (Å²) in [5.74, 6) is -2.21. The van der Waals surface area contributed by atoms with E-state index < -0.39 is 45.5 Å². The van der Waals surface area contributed by atoms with E-state index in [2.05, 4.69) is 5.32 Å². The van der Waals surface area contributed by atoms with E-state index in [-0.39, 0.29) is 29.3 Å². The quantitative estimate of drug-likeness (QED) is 0.209. The van der Waals surface area contributed by atoms with Crippen LogP contribution in [0.2, 0.25) is 0 Å². The number of rotatable bonds is 8. The molecule has 2 heterocycles. The van der Waals surface area contributed by atoms with Crippen LogP contribution in [0.1, 0.15) is 39.0 Å². The van der Waals surface area contributed by atoms with Crippen molar-refractivity contribution in [3.63, 3.8) is 0 Å². The molecule has 0 unspecified atom stereocenters. The number of nitrogens with one attached hydrogen (secondary N) is 1. The maximum absolute atomic E-state index is 14.3. The number of aromatic nitrogens is 1. The Labute approximate surface area is 263 Å². The van der Waals surface area contributed by atoms with Gasteiger partial charge >= 0.3 is 6.18 Å². The number of anilines is 1. The first-order chi connectivity index (χ1) is 22.0. The molecule has 6 rings (SSSR count). The summed E-state index contributed by atoms with van der Waals surface area (Å²) in [5, 5.41) is 3.12. The Morgan fingerprint density at radius 2 is 1.59 bits per heavy atom. The molecule has 5 aromatic rings. The smallest absolute Gasteiger partial charge is 0.383 e. The van der Waals surface area contributed by atoms with Crippen LogP contribution in [-0.4, -0.2) is 49.4 Å². The monoisotopic (exact) mass is 647 g/mol.